The van der Waals surface area contributed by atoms with Gasteiger partial charge in [0.25, 0.3) is 5.91 Å². The summed E-state index contributed by atoms with van der Waals surface area (Å²) in [7, 11) is 0. The molecule has 0 aromatic carbocycles. The van der Waals surface area contributed by atoms with Crippen LogP contribution in [0.4, 0.5) is 0 Å². The third-order valence-electron chi connectivity index (χ3n) is 3.20. The van der Waals surface area contributed by atoms with E-state index in [2.05, 4.69) is 15.5 Å². The molecule has 3 heterocycles. The molecule has 0 spiro atoms. The summed E-state index contributed by atoms with van der Waals surface area (Å²) in [5, 5.41) is 6.59. The zero-order valence-electron chi connectivity index (χ0n) is 10.9. The van der Waals surface area contributed by atoms with Crippen LogP contribution in [-0.2, 0) is 4.74 Å². The van der Waals surface area contributed by atoms with Gasteiger partial charge in [0.1, 0.15) is 0 Å². The van der Waals surface area contributed by atoms with E-state index in [1.54, 1.807) is 24.5 Å². The molecule has 3 rings (SSSR count). The van der Waals surface area contributed by atoms with Crippen molar-refractivity contribution in [3.8, 4) is 11.3 Å². The summed E-state index contributed by atoms with van der Waals surface area (Å²) in [4.78, 5) is 15.9. The zero-order valence-corrected chi connectivity index (χ0v) is 10.9. The Hall–Kier alpha value is -2.21. The van der Waals surface area contributed by atoms with Gasteiger partial charge in [-0.25, -0.2) is 0 Å². The van der Waals surface area contributed by atoms with Gasteiger partial charge in [-0.2, -0.15) is 0 Å². The van der Waals surface area contributed by atoms with Crippen molar-refractivity contribution < 1.29 is 14.1 Å². The predicted molar refractivity (Wildman–Crippen MR) is 71.0 cm³/mol. The molecule has 0 bridgehead atoms. The van der Waals surface area contributed by atoms with Gasteiger partial charge >= 0.3 is 0 Å². The van der Waals surface area contributed by atoms with Crippen molar-refractivity contribution in [3.63, 3.8) is 0 Å². The van der Waals surface area contributed by atoms with Gasteiger partial charge < -0.3 is 14.6 Å². The molecule has 6 heteroatoms. The Labute approximate surface area is 116 Å². The highest BCUT2D eigenvalue weighted by atomic mass is 16.5. The summed E-state index contributed by atoms with van der Waals surface area (Å²) in [6.07, 6.45) is 5.49. The van der Waals surface area contributed by atoms with Gasteiger partial charge in [0.2, 0.25) is 0 Å². The van der Waals surface area contributed by atoms with E-state index in [0.717, 1.165) is 25.0 Å². The first-order valence-corrected chi connectivity index (χ1v) is 6.60. The van der Waals surface area contributed by atoms with Crippen LogP contribution >= 0.6 is 0 Å². The quantitative estimate of drug-likeness (QED) is 0.916. The molecular formula is C14H15N3O3. The van der Waals surface area contributed by atoms with Crippen molar-refractivity contribution in [2.75, 3.05) is 13.2 Å². The normalized spacial score (nSPS) is 18.1. The van der Waals surface area contributed by atoms with E-state index >= 15 is 0 Å². The SMILES string of the molecule is O=C(NC[C@@H]1CCCO1)c1cc(-c2cccnc2)on1. The van der Waals surface area contributed by atoms with Crippen LogP contribution in [-0.4, -0.2) is 35.3 Å². The standard InChI is InChI=1S/C14H15N3O3/c18-14(16-9-11-4-2-6-19-11)12-7-13(20-17-12)10-3-1-5-15-8-10/h1,3,5,7-8,11H,2,4,6,9H2,(H,16,18)/t11-/m0/s1. The Morgan fingerprint density at radius 2 is 2.45 bits per heavy atom. The van der Waals surface area contributed by atoms with Crippen molar-refractivity contribution in [3.05, 3.63) is 36.3 Å². The number of ether oxygens (including phenoxy) is 1. The van der Waals surface area contributed by atoms with E-state index in [-0.39, 0.29) is 17.7 Å². The van der Waals surface area contributed by atoms with Crippen molar-refractivity contribution in [2.45, 2.75) is 18.9 Å². The number of amides is 1. The van der Waals surface area contributed by atoms with Gasteiger partial charge in [-0.3, -0.25) is 9.78 Å². The smallest absolute Gasteiger partial charge is 0.273 e. The summed E-state index contributed by atoms with van der Waals surface area (Å²) >= 11 is 0. The zero-order chi connectivity index (χ0) is 13.8. The highest BCUT2D eigenvalue weighted by Gasteiger charge is 2.18. The van der Waals surface area contributed by atoms with E-state index in [9.17, 15) is 4.79 Å². The molecule has 1 fully saturated rings. The summed E-state index contributed by atoms with van der Waals surface area (Å²) in [5.74, 6) is 0.278. The largest absolute Gasteiger partial charge is 0.376 e. The number of rotatable bonds is 4. The monoisotopic (exact) mass is 273 g/mol. The van der Waals surface area contributed by atoms with E-state index in [0.29, 0.717) is 12.3 Å². The van der Waals surface area contributed by atoms with Gasteiger partial charge in [-0.15, -0.1) is 0 Å². The minimum absolute atomic E-state index is 0.114. The molecule has 1 saturated heterocycles. The summed E-state index contributed by atoms with van der Waals surface area (Å²) < 4.78 is 10.6. The second kappa shape index (κ2) is 5.83. The molecule has 0 saturated carbocycles. The number of aromatic nitrogens is 2. The first kappa shape index (κ1) is 12.8. The lowest BCUT2D eigenvalue weighted by atomic mass is 10.2. The van der Waals surface area contributed by atoms with E-state index in [4.69, 9.17) is 9.26 Å². The molecule has 1 aliphatic rings. The molecule has 2 aromatic heterocycles. The number of nitrogens with one attached hydrogen (secondary N) is 1. The number of hydrogen-bond donors (Lipinski definition) is 1. The molecule has 104 valence electrons. The van der Waals surface area contributed by atoms with Gasteiger partial charge in [-0.05, 0) is 25.0 Å². The van der Waals surface area contributed by atoms with Crippen LogP contribution in [0.3, 0.4) is 0 Å². The second-order valence-corrected chi connectivity index (χ2v) is 4.66. The van der Waals surface area contributed by atoms with Crippen molar-refractivity contribution in [1.82, 2.24) is 15.5 Å². The van der Waals surface area contributed by atoms with Crippen molar-refractivity contribution in [1.29, 1.82) is 0 Å². The van der Waals surface area contributed by atoms with Crippen LogP contribution in [0.25, 0.3) is 11.3 Å². The fourth-order valence-electron chi connectivity index (χ4n) is 2.13. The maximum absolute atomic E-state index is 11.9. The number of carbonyl (C=O) groups excluding carboxylic acids is 1. The Bertz CT molecular complexity index is 576. The van der Waals surface area contributed by atoms with E-state index in [1.807, 2.05) is 6.07 Å². The van der Waals surface area contributed by atoms with E-state index < -0.39 is 0 Å². The highest BCUT2D eigenvalue weighted by Crippen LogP contribution is 2.18. The lowest BCUT2D eigenvalue weighted by Crippen LogP contribution is -2.31. The Morgan fingerprint density at radius 1 is 1.50 bits per heavy atom. The fourth-order valence-corrected chi connectivity index (χ4v) is 2.13. The fraction of sp³-hybridized carbons (Fsp3) is 0.357. The van der Waals surface area contributed by atoms with Crippen molar-refractivity contribution in [2.24, 2.45) is 0 Å². The number of pyridine rings is 1. The lowest BCUT2D eigenvalue weighted by Gasteiger charge is -2.09. The first-order valence-electron chi connectivity index (χ1n) is 6.60. The minimum Gasteiger partial charge on any atom is -0.376 e. The first-order chi connectivity index (χ1) is 9.83. The Kier molecular flexibility index (Phi) is 3.73. The number of hydrogen-bond acceptors (Lipinski definition) is 5. The van der Waals surface area contributed by atoms with Gasteiger partial charge in [-0.1, -0.05) is 5.16 Å². The maximum atomic E-state index is 11.9. The second-order valence-electron chi connectivity index (χ2n) is 4.66. The van der Waals surface area contributed by atoms with Gasteiger partial charge in [0.05, 0.1) is 6.10 Å². The molecule has 1 atom stereocenters. The lowest BCUT2D eigenvalue weighted by molar-refractivity contribution is 0.0850. The van der Waals surface area contributed by atoms with Crippen LogP contribution in [0.2, 0.25) is 0 Å². The molecule has 2 aromatic rings. The molecule has 1 amide bonds. The van der Waals surface area contributed by atoms with E-state index in [1.165, 1.54) is 0 Å². The third kappa shape index (κ3) is 2.85. The summed E-state index contributed by atoms with van der Waals surface area (Å²) in [6, 6.07) is 5.26. The number of nitrogens with zero attached hydrogens (tertiary/aromatic N) is 2. The van der Waals surface area contributed by atoms with Crippen LogP contribution in [0.15, 0.2) is 35.1 Å². The summed E-state index contributed by atoms with van der Waals surface area (Å²) in [6.45, 7) is 1.28. The molecule has 1 aliphatic heterocycles. The van der Waals surface area contributed by atoms with Crippen LogP contribution in [0.1, 0.15) is 23.3 Å². The molecule has 6 nitrogen and oxygen atoms in total. The molecular weight excluding hydrogens is 258 g/mol. The molecule has 0 radical (unpaired) electrons. The average molecular weight is 273 g/mol. The maximum Gasteiger partial charge on any atom is 0.273 e. The van der Waals surface area contributed by atoms with Crippen molar-refractivity contribution >= 4 is 5.91 Å². The van der Waals surface area contributed by atoms with Crippen LogP contribution in [0, 0.1) is 0 Å². The number of carbonyl (C=O) groups is 1. The Balaban J connectivity index is 1.62. The van der Waals surface area contributed by atoms with Gasteiger partial charge in [0, 0.05) is 37.2 Å². The predicted octanol–water partition coefficient (Wildman–Crippen LogP) is 1.65. The van der Waals surface area contributed by atoms with Gasteiger partial charge in [0.15, 0.2) is 11.5 Å². The Morgan fingerprint density at radius 3 is 3.20 bits per heavy atom. The molecule has 1 N–H and O–H groups in total. The molecule has 20 heavy (non-hydrogen) atoms. The van der Waals surface area contributed by atoms with Crippen LogP contribution in [0.5, 0.6) is 0 Å². The summed E-state index contributed by atoms with van der Waals surface area (Å²) in [5.41, 5.74) is 1.06. The molecule has 0 unspecified atom stereocenters. The average Bonchev–Trinajstić information content (AvgIpc) is 3.17. The highest BCUT2D eigenvalue weighted by molar-refractivity contribution is 5.93. The minimum atomic E-state index is -0.251. The van der Waals surface area contributed by atoms with Crippen LogP contribution < -0.4 is 5.32 Å². The molecule has 0 aliphatic carbocycles. The topological polar surface area (TPSA) is 77.2 Å². The third-order valence-corrected chi connectivity index (χ3v) is 3.20.